The first-order valence-corrected chi connectivity index (χ1v) is 13.0. The molecule has 4 rings (SSSR count). The minimum absolute atomic E-state index is 0.0124. The van der Waals surface area contributed by atoms with Crippen LogP contribution in [0.5, 0.6) is 11.5 Å². The number of carbonyl (C=O) groups excluding carboxylic acids is 2. The van der Waals surface area contributed by atoms with E-state index in [2.05, 4.69) is 4.90 Å². The largest absolute Gasteiger partial charge is 0.507 e. The Kier molecular flexibility index (Phi) is 8.84. The van der Waals surface area contributed by atoms with Crippen LogP contribution in [0.4, 0.5) is 0 Å². The highest BCUT2D eigenvalue weighted by molar-refractivity contribution is 6.46. The molecule has 8 heteroatoms. The third-order valence-corrected chi connectivity index (χ3v) is 6.45. The standard InChI is InChI=1S/C29H36N2O6/c1-4-16-36-24-7-5-6-22(19-24)26-25(27(32)21-8-10-23(11-9-21)37-20(2)3)28(33)29(34)31(26)13-12-30-14-17-35-18-15-30/h5-11,19-20,26,32H,4,12-18H2,1-3H3. The Morgan fingerprint density at radius 2 is 1.78 bits per heavy atom. The van der Waals surface area contributed by atoms with E-state index in [9.17, 15) is 14.7 Å². The van der Waals surface area contributed by atoms with E-state index in [1.54, 1.807) is 29.2 Å². The molecule has 1 unspecified atom stereocenters. The first kappa shape index (κ1) is 26.7. The summed E-state index contributed by atoms with van der Waals surface area (Å²) in [5.41, 5.74) is 1.25. The molecule has 0 radical (unpaired) electrons. The van der Waals surface area contributed by atoms with Gasteiger partial charge in [0, 0.05) is 31.7 Å². The van der Waals surface area contributed by atoms with Crippen molar-refractivity contribution in [3.8, 4) is 11.5 Å². The van der Waals surface area contributed by atoms with E-state index in [0.29, 0.717) is 50.0 Å². The summed E-state index contributed by atoms with van der Waals surface area (Å²) in [6, 6.07) is 13.6. The summed E-state index contributed by atoms with van der Waals surface area (Å²) in [5, 5.41) is 11.3. The Labute approximate surface area is 218 Å². The van der Waals surface area contributed by atoms with Gasteiger partial charge >= 0.3 is 0 Å². The maximum absolute atomic E-state index is 13.3. The molecule has 0 bridgehead atoms. The highest BCUT2D eigenvalue weighted by Gasteiger charge is 2.46. The number of Topliss-reactive ketones (excluding diaryl/α,β-unsaturated/α-hetero) is 1. The lowest BCUT2D eigenvalue weighted by molar-refractivity contribution is -0.140. The zero-order chi connectivity index (χ0) is 26.4. The molecule has 0 aliphatic carbocycles. The number of carbonyl (C=O) groups is 2. The second kappa shape index (κ2) is 12.3. The summed E-state index contributed by atoms with van der Waals surface area (Å²) in [7, 11) is 0. The fraction of sp³-hybridized carbons (Fsp3) is 0.448. The highest BCUT2D eigenvalue weighted by atomic mass is 16.5. The summed E-state index contributed by atoms with van der Waals surface area (Å²) in [5.74, 6) is -0.178. The van der Waals surface area contributed by atoms with Crippen LogP contribution in [0.15, 0.2) is 54.1 Å². The lowest BCUT2D eigenvalue weighted by atomic mass is 9.95. The Bertz CT molecular complexity index is 1120. The van der Waals surface area contributed by atoms with Gasteiger partial charge in [-0.2, -0.15) is 0 Å². The highest BCUT2D eigenvalue weighted by Crippen LogP contribution is 2.40. The number of ketones is 1. The molecular formula is C29H36N2O6. The molecule has 2 heterocycles. The maximum atomic E-state index is 13.3. The van der Waals surface area contributed by atoms with Crippen molar-refractivity contribution in [2.24, 2.45) is 0 Å². The van der Waals surface area contributed by atoms with Crippen LogP contribution in [0.1, 0.15) is 44.4 Å². The SMILES string of the molecule is CCCOc1cccc(C2C(=C(O)c3ccc(OC(C)C)cc3)C(=O)C(=O)N2CCN2CCOCC2)c1. The maximum Gasteiger partial charge on any atom is 0.295 e. The Morgan fingerprint density at radius 1 is 1.05 bits per heavy atom. The third-order valence-electron chi connectivity index (χ3n) is 6.45. The normalized spacial score (nSPS) is 20.0. The number of likely N-dealkylation sites (tertiary alicyclic amines) is 1. The Morgan fingerprint density at radius 3 is 2.46 bits per heavy atom. The number of morpholine rings is 1. The van der Waals surface area contributed by atoms with Gasteiger partial charge < -0.3 is 24.2 Å². The number of hydrogen-bond donors (Lipinski definition) is 1. The number of hydrogen-bond acceptors (Lipinski definition) is 7. The molecular weight excluding hydrogens is 472 g/mol. The molecule has 37 heavy (non-hydrogen) atoms. The predicted molar refractivity (Wildman–Crippen MR) is 141 cm³/mol. The van der Waals surface area contributed by atoms with Crippen LogP contribution in [0.2, 0.25) is 0 Å². The van der Waals surface area contributed by atoms with E-state index in [0.717, 1.165) is 25.1 Å². The molecule has 2 aliphatic rings. The minimum Gasteiger partial charge on any atom is -0.507 e. The van der Waals surface area contributed by atoms with Crippen molar-refractivity contribution in [3.63, 3.8) is 0 Å². The van der Waals surface area contributed by atoms with E-state index >= 15 is 0 Å². The summed E-state index contributed by atoms with van der Waals surface area (Å²) >= 11 is 0. The first-order valence-electron chi connectivity index (χ1n) is 13.0. The van der Waals surface area contributed by atoms with Crippen molar-refractivity contribution >= 4 is 17.4 Å². The van der Waals surface area contributed by atoms with Gasteiger partial charge in [-0.1, -0.05) is 19.1 Å². The molecule has 0 saturated carbocycles. The van der Waals surface area contributed by atoms with Gasteiger partial charge in [0.2, 0.25) is 0 Å². The van der Waals surface area contributed by atoms with Gasteiger partial charge in [-0.3, -0.25) is 14.5 Å². The Balaban J connectivity index is 1.71. The van der Waals surface area contributed by atoms with Gasteiger partial charge in [-0.05, 0) is 62.2 Å². The molecule has 2 fully saturated rings. The van der Waals surface area contributed by atoms with E-state index < -0.39 is 17.7 Å². The van der Waals surface area contributed by atoms with Crippen molar-refractivity contribution in [1.29, 1.82) is 0 Å². The number of aliphatic hydroxyl groups excluding tert-OH is 1. The van der Waals surface area contributed by atoms with E-state index in [-0.39, 0.29) is 17.4 Å². The molecule has 1 N–H and O–H groups in total. The molecule has 1 amide bonds. The molecule has 198 valence electrons. The molecule has 2 aromatic carbocycles. The molecule has 1 atom stereocenters. The zero-order valence-electron chi connectivity index (χ0n) is 21.8. The van der Waals surface area contributed by atoms with Crippen LogP contribution >= 0.6 is 0 Å². The van der Waals surface area contributed by atoms with Gasteiger partial charge in [0.1, 0.15) is 17.3 Å². The van der Waals surface area contributed by atoms with Crippen LogP contribution in [0.25, 0.3) is 5.76 Å². The van der Waals surface area contributed by atoms with Crippen molar-refractivity contribution in [2.75, 3.05) is 46.0 Å². The Hall–Kier alpha value is -3.36. The van der Waals surface area contributed by atoms with Crippen molar-refractivity contribution in [2.45, 2.75) is 39.3 Å². The second-order valence-corrected chi connectivity index (χ2v) is 9.56. The van der Waals surface area contributed by atoms with E-state index in [1.807, 2.05) is 45.0 Å². The fourth-order valence-electron chi connectivity index (χ4n) is 4.64. The number of nitrogens with zero attached hydrogens (tertiary/aromatic N) is 2. The average Bonchev–Trinajstić information content (AvgIpc) is 3.16. The fourth-order valence-corrected chi connectivity index (χ4v) is 4.64. The number of benzene rings is 2. The summed E-state index contributed by atoms with van der Waals surface area (Å²) in [6.07, 6.45) is 0.872. The van der Waals surface area contributed by atoms with Crippen molar-refractivity contribution in [3.05, 3.63) is 65.2 Å². The van der Waals surface area contributed by atoms with Crippen LogP contribution in [0, 0.1) is 0 Å². The zero-order valence-corrected chi connectivity index (χ0v) is 21.8. The van der Waals surface area contributed by atoms with Crippen LogP contribution in [-0.4, -0.2) is 78.7 Å². The molecule has 8 nitrogen and oxygen atoms in total. The molecule has 0 spiro atoms. The van der Waals surface area contributed by atoms with Gasteiger partial charge in [0.05, 0.1) is 37.5 Å². The van der Waals surface area contributed by atoms with Gasteiger partial charge in [0.25, 0.3) is 11.7 Å². The number of ether oxygens (including phenoxy) is 3. The molecule has 2 aliphatic heterocycles. The van der Waals surface area contributed by atoms with Crippen LogP contribution in [0.3, 0.4) is 0 Å². The van der Waals surface area contributed by atoms with Gasteiger partial charge in [-0.15, -0.1) is 0 Å². The lowest BCUT2D eigenvalue weighted by Gasteiger charge is -2.31. The molecule has 2 saturated heterocycles. The minimum atomic E-state index is -0.724. The summed E-state index contributed by atoms with van der Waals surface area (Å²) in [6.45, 7) is 10.3. The van der Waals surface area contributed by atoms with Crippen molar-refractivity contribution in [1.82, 2.24) is 9.80 Å². The van der Waals surface area contributed by atoms with Crippen LogP contribution < -0.4 is 9.47 Å². The van der Waals surface area contributed by atoms with E-state index in [4.69, 9.17) is 14.2 Å². The summed E-state index contributed by atoms with van der Waals surface area (Å²) < 4.78 is 17.0. The van der Waals surface area contributed by atoms with Crippen molar-refractivity contribution < 1.29 is 28.9 Å². The monoisotopic (exact) mass is 508 g/mol. The third kappa shape index (κ3) is 6.32. The van der Waals surface area contributed by atoms with Crippen LogP contribution in [-0.2, 0) is 14.3 Å². The average molecular weight is 509 g/mol. The number of rotatable bonds is 10. The number of amides is 1. The number of aliphatic hydroxyl groups is 1. The smallest absolute Gasteiger partial charge is 0.295 e. The second-order valence-electron chi connectivity index (χ2n) is 9.56. The van der Waals surface area contributed by atoms with E-state index in [1.165, 1.54) is 0 Å². The predicted octanol–water partition coefficient (Wildman–Crippen LogP) is 4.02. The topological polar surface area (TPSA) is 88.5 Å². The van der Waals surface area contributed by atoms with Gasteiger partial charge in [-0.25, -0.2) is 0 Å². The first-order chi connectivity index (χ1) is 17.9. The quantitative estimate of drug-likeness (QED) is 0.295. The lowest BCUT2D eigenvalue weighted by Crippen LogP contribution is -2.42. The molecule has 0 aromatic heterocycles. The van der Waals surface area contributed by atoms with Gasteiger partial charge in [0.15, 0.2) is 0 Å². The summed E-state index contributed by atoms with van der Waals surface area (Å²) in [4.78, 5) is 30.4. The molecule has 2 aromatic rings.